The second kappa shape index (κ2) is 9.50. The lowest BCUT2D eigenvalue weighted by atomic mass is 10.1. The van der Waals surface area contributed by atoms with Crippen molar-refractivity contribution in [1.29, 1.82) is 0 Å². The summed E-state index contributed by atoms with van der Waals surface area (Å²) in [7, 11) is 0. The normalized spacial score (nSPS) is 10.4. The molecule has 2 N–H and O–H groups in total. The maximum absolute atomic E-state index is 12.3. The first-order valence-corrected chi connectivity index (χ1v) is 9.27. The van der Waals surface area contributed by atoms with Crippen LogP contribution in [0, 0.1) is 6.92 Å². The summed E-state index contributed by atoms with van der Waals surface area (Å²) in [5.41, 5.74) is 2.27. The molecule has 2 aromatic carbocycles. The Bertz CT molecular complexity index is 1000. The molecule has 8 heteroatoms. The Balaban J connectivity index is 1.50. The predicted octanol–water partition coefficient (Wildman–Crippen LogP) is 2.60. The van der Waals surface area contributed by atoms with E-state index in [2.05, 4.69) is 20.8 Å². The molecule has 0 saturated carbocycles. The summed E-state index contributed by atoms with van der Waals surface area (Å²) in [6.07, 6.45) is 0. The van der Waals surface area contributed by atoms with E-state index in [1.54, 1.807) is 24.3 Å². The maximum Gasteiger partial charge on any atom is 0.316 e. The number of nitrogens with zero attached hydrogens (tertiary/aromatic N) is 2. The van der Waals surface area contributed by atoms with Gasteiger partial charge in [-0.25, -0.2) is 0 Å². The Morgan fingerprint density at radius 2 is 1.79 bits per heavy atom. The summed E-state index contributed by atoms with van der Waals surface area (Å²) in [5.74, 6) is -0.0385. The van der Waals surface area contributed by atoms with Gasteiger partial charge in [0.2, 0.25) is 5.82 Å². The molecular formula is C21H22N4O4. The quantitative estimate of drug-likeness (QED) is 0.569. The molecule has 0 fully saturated rings. The summed E-state index contributed by atoms with van der Waals surface area (Å²) in [6.45, 7) is 4.73. The van der Waals surface area contributed by atoms with Gasteiger partial charge in [0.25, 0.3) is 5.91 Å². The molecule has 3 aromatic rings. The number of rotatable bonds is 8. The molecule has 3 rings (SSSR count). The lowest BCUT2D eigenvalue weighted by Gasteiger charge is -2.10. The summed E-state index contributed by atoms with van der Waals surface area (Å²) in [4.78, 5) is 28.6. The third-order valence-electron chi connectivity index (χ3n) is 4.02. The van der Waals surface area contributed by atoms with Crippen LogP contribution in [-0.4, -0.2) is 41.7 Å². The summed E-state index contributed by atoms with van der Waals surface area (Å²) in [6, 6.07) is 14.6. The number of aromatic nitrogens is 2. The van der Waals surface area contributed by atoms with Gasteiger partial charge in [-0.05, 0) is 32.0 Å². The molecule has 0 atom stereocenters. The molecule has 0 aliphatic carbocycles. The first-order valence-electron chi connectivity index (χ1n) is 9.27. The Labute approximate surface area is 168 Å². The summed E-state index contributed by atoms with van der Waals surface area (Å²) in [5, 5.41) is 9.22. The van der Waals surface area contributed by atoms with E-state index < -0.39 is 5.91 Å². The van der Waals surface area contributed by atoms with Gasteiger partial charge in [0, 0.05) is 18.7 Å². The highest BCUT2D eigenvalue weighted by molar-refractivity contribution is 5.97. The third kappa shape index (κ3) is 5.19. The van der Waals surface area contributed by atoms with Crippen molar-refractivity contribution in [1.82, 2.24) is 20.8 Å². The largest absolute Gasteiger partial charge is 0.493 e. The molecule has 1 aromatic heterocycles. The molecule has 2 amide bonds. The van der Waals surface area contributed by atoms with Crippen molar-refractivity contribution < 1.29 is 18.8 Å². The van der Waals surface area contributed by atoms with Crippen molar-refractivity contribution in [3.63, 3.8) is 0 Å². The molecule has 0 spiro atoms. The zero-order valence-electron chi connectivity index (χ0n) is 16.3. The maximum atomic E-state index is 12.3. The van der Waals surface area contributed by atoms with Crippen LogP contribution >= 0.6 is 0 Å². The first kappa shape index (κ1) is 20.1. The van der Waals surface area contributed by atoms with Gasteiger partial charge in [-0.1, -0.05) is 41.1 Å². The second-order valence-electron chi connectivity index (χ2n) is 6.23. The van der Waals surface area contributed by atoms with Gasteiger partial charge in [0.05, 0.1) is 12.2 Å². The molecular weight excluding hydrogens is 372 g/mol. The molecule has 0 saturated heterocycles. The second-order valence-corrected chi connectivity index (χ2v) is 6.23. The molecule has 150 valence electrons. The van der Waals surface area contributed by atoms with Crippen molar-refractivity contribution in [3.8, 4) is 17.1 Å². The summed E-state index contributed by atoms with van der Waals surface area (Å²) >= 11 is 0. The predicted molar refractivity (Wildman–Crippen MR) is 107 cm³/mol. The number of aryl methyl sites for hydroxylation is 1. The van der Waals surface area contributed by atoms with E-state index in [9.17, 15) is 9.59 Å². The number of benzene rings is 2. The van der Waals surface area contributed by atoms with E-state index in [0.29, 0.717) is 23.7 Å². The van der Waals surface area contributed by atoms with Crippen LogP contribution in [0.4, 0.5) is 0 Å². The van der Waals surface area contributed by atoms with Crippen LogP contribution < -0.4 is 15.4 Å². The monoisotopic (exact) mass is 394 g/mol. The minimum Gasteiger partial charge on any atom is -0.493 e. The number of ether oxygens (including phenoxy) is 1. The molecule has 0 aliphatic rings. The van der Waals surface area contributed by atoms with Gasteiger partial charge in [-0.3, -0.25) is 9.59 Å². The number of carbonyl (C=O) groups excluding carboxylic acids is 2. The van der Waals surface area contributed by atoms with Gasteiger partial charge in [0.15, 0.2) is 0 Å². The van der Waals surface area contributed by atoms with Crippen LogP contribution in [0.5, 0.6) is 5.75 Å². The van der Waals surface area contributed by atoms with E-state index in [1.165, 1.54) is 0 Å². The molecule has 0 aliphatic heterocycles. The highest BCUT2D eigenvalue weighted by atomic mass is 16.5. The number of amides is 2. The fourth-order valence-electron chi connectivity index (χ4n) is 2.68. The smallest absolute Gasteiger partial charge is 0.316 e. The average molecular weight is 394 g/mol. The zero-order valence-corrected chi connectivity index (χ0v) is 16.3. The highest BCUT2D eigenvalue weighted by Crippen LogP contribution is 2.18. The van der Waals surface area contributed by atoms with Crippen molar-refractivity contribution in [3.05, 3.63) is 65.5 Å². The van der Waals surface area contributed by atoms with Gasteiger partial charge >= 0.3 is 11.8 Å². The van der Waals surface area contributed by atoms with Crippen molar-refractivity contribution >= 4 is 11.8 Å². The van der Waals surface area contributed by atoms with E-state index in [0.717, 1.165) is 11.1 Å². The Kier molecular flexibility index (Phi) is 6.57. The number of para-hydroxylation sites is 1. The number of carbonyl (C=O) groups is 2. The Morgan fingerprint density at radius 1 is 1.03 bits per heavy atom. The average Bonchev–Trinajstić information content (AvgIpc) is 3.22. The van der Waals surface area contributed by atoms with Crippen LogP contribution in [0.15, 0.2) is 53.1 Å². The van der Waals surface area contributed by atoms with Crippen LogP contribution in [0.2, 0.25) is 0 Å². The molecule has 8 nitrogen and oxygen atoms in total. The fourth-order valence-corrected chi connectivity index (χ4v) is 2.68. The number of hydrogen-bond acceptors (Lipinski definition) is 6. The van der Waals surface area contributed by atoms with Crippen LogP contribution in [-0.2, 0) is 0 Å². The molecule has 0 unspecified atom stereocenters. The van der Waals surface area contributed by atoms with Crippen LogP contribution in [0.3, 0.4) is 0 Å². The van der Waals surface area contributed by atoms with E-state index in [1.807, 2.05) is 38.1 Å². The third-order valence-corrected chi connectivity index (χ3v) is 4.02. The summed E-state index contributed by atoms with van der Waals surface area (Å²) < 4.78 is 10.5. The Morgan fingerprint density at radius 3 is 2.55 bits per heavy atom. The van der Waals surface area contributed by atoms with E-state index in [4.69, 9.17) is 9.26 Å². The molecule has 0 radical (unpaired) electrons. The first-order chi connectivity index (χ1) is 14.1. The zero-order chi connectivity index (χ0) is 20.6. The van der Waals surface area contributed by atoms with Gasteiger partial charge in [-0.15, -0.1) is 0 Å². The SMILES string of the molecule is CCOc1ccccc1C(=O)NCCNC(=O)c1nc(-c2cccc(C)c2)no1. The molecule has 29 heavy (non-hydrogen) atoms. The van der Waals surface area contributed by atoms with Crippen molar-refractivity contribution in [2.75, 3.05) is 19.7 Å². The standard InChI is InChI=1S/C21H22N4O4/c1-3-28-17-10-5-4-9-16(17)19(26)22-11-12-23-20(27)21-24-18(25-29-21)15-8-6-7-14(2)13-15/h4-10,13H,3,11-12H2,1-2H3,(H,22,26)(H,23,27). The van der Waals surface area contributed by atoms with Crippen molar-refractivity contribution in [2.45, 2.75) is 13.8 Å². The molecule has 1 heterocycles. The van der Waals surface area contributed by atoms with Crippen LogP contribution in [0.25, 0.3) is 11.4 Å². The van der Waals surface area contributed by atoms with Gasteiger partial charge in [-0.2, -0.15) is 4.98 Å². The minimum absolute atomic E-state index is 0.130. The molecule has 0 bridgehead atoms. The lowest BCUT2D eigenvalue weighted by Crippen LogP contribution is -2.35. The van der Waals surface area contributed by atoms with E-state index in [-0.39, 0.29) is 24.9 Å². The Hall–Kier alpha value is -3.68. The van der Waals surface area contributed by atoms with Gasteiger partial charge < -0.3 is 19.9 Å². The van der Waals surface area contributed by atoms with Crippen molar-refractivity contribution in [2.24, 2.45) is 0 Å². The lowest BCUT2D eigenvalue weighted by molar-refractivity contribution is 0.0897. The van der Waals surface area contributed by atoms with Gasteiger partial charge in [0.1, 0.15) is 5.75 Å². The fraction of sp³-hybridized carbons (Fsp3) is 0.238. The van der Waals surface area contributed by atoms with E-state index >= 15 is 0 Å². The van der Waals surface area contributed by atoms with Crippen LogP contribution in [0.1, 0.15) is 33.5 Å². The topological polar surface area (TPSA) is 106 Å². The number of hydrogen-bond donors (Lipinski definition) is 2. The minimum atomic E-state index is -0.500. The highest BCUT2D eigenvalue weighted by Gasteiger charge is 2.16. The number of nitrogens with one attached hydrogen (secondary N) is 2.